The Balaban J connectivity index is 1.53. The first-order valence-electron chi connectivity index (χ1n) is 9.69. The highest BCUT2D eigenvalue weighted by molar-refractivity contribution is 7.13. The number of hydrogen-bond donors (Lipinski definition) is 3. The molecule has 3 N–H and O–H groups in total. The van der Waals surface area contributed by atoms with Crippen molar-refractivity contribution in [2.24, 2.45) is 0 Å². The molecule has 0 bridgehead atoms. The van der Waals surface area contributed by atoms with Crippen LogP contribution in [0.4, 0.5) is 16.2 Å². The minimum Gasteiger partial charge on any atom is -0.491 e. The van der Waals surface area contributed by atoms with Crippen molar-refractivity contribution in [3.8, 4) is 16.2 Å². The van der Waals surface area contributed by atoms with Crippen LogP contribution in [0.25, 0.3) is 10.4 Å². The van der Waals surface area contributed by atoms with Crippen LogP contribution in [0.3, 0.4) is 0 Å². The third-order valence-corrected chi connectivity index (χ3v) is 5.44. The average Bonchev–Trinajstić information content (AvgIpc) is 3.13. The average molecular weight is 426 g/mol. The molecule has 0 saturated heterocycles. The van der Waals surface area contributed by atoms with E-state index in [1.165, 1.54) is 10.4 Å². The van der Waals surface area contributed by atoms with E-state index in [1.807, 2.05) is 43.3 Å². The van der Waals surface area contributed by atoms with Crippen LogP contribution in [-0.2, 0) is 0 Å². The van der Waals surface area contributed by atoms with Gasteiger partial charge in [0.05, 0.1) is 0 Å². The van der Waals surface area contributed by atoms with Crippen molar-refractivity contribution in [3.05, 3.63) is 65.5 Å². The maximum absolute atomic E-state index is 12.4. The number of rotatable bonds is 8. The summed E-state index contributed by atoms with van der Waals surface area (Å²) in [6.45, 7) is 2.83. The van der Waals surface area contributed by atoms with Crippen LogP contribution in [0.15, 0.2) is 60.0 Å². The molecule has 1 heterocycles. The predicted molar refractivity (Wildman–Crippen MR) is 124 cm³/mol. The fourth-order valence-corrected chi connectivity index (χ4v) is 3.93. The molecule has 0 radical (unpaired) electrons. The second-order valence-electron chi connectivity index (χ2n) is 7.34. The summed E-state index contributed by atoms with van der Waals surface area (Å²) in [4.78, 5) is 15.5. The molecule has 0 aliphatic rings. The van der Waals surface area contributed by atoms with E-state index in [9.17, 15) is 9.90 Å². The quantitative estimate of drug-likeness (QED) is 0.490. The van der Waals surface area contributed by atoms with Gasteiger partial charge in [0.15, 0.2) is 0 Å². The molecule has 6 nitrogen and oxygen atoms in total. The maximum atomic E-state index is 12.4. The van der Waals surface area contributed by atoms with Gasteiger partial charge >= 0.3 is 6.03 Å². The molecule has 3 rings (SSSR count). The molecule has 1 aromatic heterocycles. The lowest BCUT2D eigenvalue weighted by atomic mass is 10.1. The van der Waals surface area contributed by atoms with Crippen molar-refractivity contribution >= 4 is 28.7 Å². The van der Waals surface area contributed by atoms with Crippen molar-refractivity contribution in [1.82, 2.24) is 4.90 Å². The first-order valence-corrected chi connectivity index (χ1v) is 10.6. The number of aryl methyl sites for hydroxylation is 1. The van der Waals surface area contributed by atoms with Crippen LogP contribution in [0.1, 0.15) is 5.56 Å². The topological polar surface area (TPSA) is 73.8 Å². The lowest BCUT2D eigenvalue weighted by Gasteiger charge is -2.16. The number of urea groups is 1. The van der Waals surface area contributed by atoms with Gasteiger partial charge < -0.3 is 25.4 Å². The highest BCUT2D eigenvalue weighted by Crippen LogP contribution is 2.30. The van der Waals surface area contributed by atoms with E-state index < -0.39 is 6.10 Å². The number of carbonyl (C=O) groups excluding carboxylic acids is 1. The van der Waals surface area contributed by atoms with E-state index in [4.69, 9.17) is 4.74 Å². The smallest absolute Gasteiger partial charge is 0.323 e. The number of nitrogens with one attached hydrogen (secondary N) is 2. The van der Waals surface area contributed by atoms with Crippen molar-refractivity contribution < 1.29 is 14.6 Å². The van der Waals surface area contributed by atoms with Crippen LogP contribution in [0.5, 0.6) is 5.75 Å². The number of thiophene rings is 1. The van der Waals surface area contributed by atoms with Gasteiger partial charge in [-0.1, -0.05) is 12.1 Å². The summed E-state index contributed by atoms with van der Waals surface area (Å²) in [5.41, 5.74) is 3.68. The van der Waals surface area contributed by atoms with Crippen LogP contribution >= 0.6 is 11.3 Å². The van der Waals surface area contributed by atoms with E-state index in [0.717, 1.165) is 11.3 Å². The number of benzene rings is 2. The number of nitrogens with zero attached hydrogens (tertiary/aromatic N) is 1. The van der Waals surface area contributed by atoms with Gasteiger partial charge in [-0.2, -0.15) is 0 Å². The molecule has 0 spiro atoms. The fraction of sp³-hybridized carbons (Fsp3) is 0.261. The van der Waals surface area contributed by atoms with Crippen molar-refractivity contribution in [2.45, 2.75) is 13.0 Å². The summed E-state index contributed by atoms with van der Waals surface area (Å²) >= 11 is 1.68. The molecule has 1 unspecified atom stereocenters. The summed E-state index contributed by atoms with van der Waals surface area (Å²) in [7, 11) is 3.79. The van der Waals surface area contributed by atoms with Gasteiger partial charge in [0.2, 0.25) is 0 Å². The molecule has 158 valence electrons. The number of hydrogen-bond acceptors (Lipinski definition) is 5. The molecule has 1 atom stereocenters. The number of aliphatic hydroxyl groups excluding tert-OH is 1. The van der Waals surface area contributed by atoms with Gasteiger partial charge in [0, 0.05) is 22.8 Å². The van der Waals surface area contributed by atoms with E-state index in [-0.39, 0.29) is 12.6 Å². The Morgan fingerprint density at radius 3 is 2.50 bits per heavy atom. The standard InChI is InChI=1S/C23H27N3O3S/c1-16-11-12-30-22(16)17-5-4-6-19(13-17)25-23(28)24-18-7-9-21(10-8-18)29-15-20(27)14-26(2)3/h4-13,20,27H,14-15H2,1-3H3,(H2,24,25,28). The predicted octanol–water partition coefficient (Wildman–Crippen LogP) is 4.67. The van der Waals surface area contributed by atoms with Gasteiger partial charge in [-0.15, -0.1) is 11.3 Å². The van der Waals surface area contributed by atoms with Crippen LogP contribution in [-0.4, -0.2) is 49.4 Å². The zero-order valence-corrected chi connectivity index (χ0v) is 18.2. The molecule has 0 aliphatic carbocycles. The third-order valence-electron chi connectivity index (χ3n) is 4.38. The third kappa shape index (κ3) is 6.32. The molecular formula is C23H27N3O3S. The Bertz CT molecular complexity index is 970. The minimum absolute atomic E-state index is 0.214. The summed E-state index contributed by atoms with van der Waals surface area (Å²) in [6.07, 6.45) is -0.558. The van der Waals surface area contributed by atoms with Gasteiger partial charge in [0.25, 0.3) is 0 Å². The Hall–Kier alpha value is -2.87. The van der Waals surface area contributed by atoms with E-state index in [2.05, 4.69) is 29.0 Å². The number of carbonyl (C=O) groups is 1. The molecule has 2 aromatic carbocycles. The molecular weight excluding hydrogens is 398 g/mol. The Morgan fingerprint density at radius 2 is 1.83 bits per heavy atom. The number of likely N-dealkylation sites (N-methyl/N-ethyl adjacent to an activating group) is 1. The van der Waals surface area contributed by atoms with Gasteiger partial charge in [-0.05, 0) is 80.0 Å². The highest BCUT2D eigenvalue weighted by Gasteiger charge is 2.08. The Labute approximate surface area is 181 Å². The number of amides is 2. The second kappa shape index (κ2) is 10.2. The number of aliphatic hydroxyl groups is 1. The van der Waals surface area contributed by atoms with Gasteiger partial charge in [-0.3, -0.25) is 0 Å². The SMILES string of the molecule is Cc1ccsc1-c1cccc(NC(=O)Nc2ccc(OCC(O)CN(C)C)cc2)c1. The molecule has 7 heteroatoms. The van der Waals surface area contributed by atoms with E-state index >= 15 is 0 Å². The molecule has 30 heavy (non-hydrogen) atoms. The van der Waals surface area contributed by atoms with Crippen LogP contribution < -0.4 is 15.4 Å². The summed E-state index contributed by atoms with van der Waals surface area (Å²) in [5, 5.41) is 17.6. The summed E-state index contributed by atoms with van der Waals surface area (Å²) in [6, 6.07) is 16.6. The second-order valence-corrected chi connectivity index (χ2v) is 8.26. The molecule has 2 amide bonds. The maximum Gasteiger partial charge on any atom is 0.323 e. The van der Waals surface area contributed by atoms with Gasteiger partial charge in [0.1, 0.15) is 18.5 Å². The molecule has 3 aromatic rings. The fourth-order valence-electron chi connectivity index (χ4n) is 3.00. The van der Waals surface area contributed by atoms with Crippen molar-refractivity contribution in [1.29, 1.82) is 0 Å². The monoisotopic (exact) mass is 425 g/mol. The summed E-state index contributed by atoms with van der Waals surface area (Å²) < 4.78 is 5.58. The first-order chi connectivity index (χ1) is 14.4. The lowest BCUT2D eigenvalue weighted by Crippen LogP contribution is -2.30. The van der Waals surface area contributed by atoms with Crippen molar-refractivity contribution in [2.75, 3.05) is 37.9 Å². The van der Waals surface area contributed by atoms with E-state index in [1.54, 1.807) is 35.6 Å². The Kier molecular flexibility index (Phi) is 7.46. The van der Waals surface area contributed by atoms with Crippen molar-refractivity contribution in [3.63, 3.8) is 0 Å². The summed E-state index contributed by atoms with van der Waals surface area (Å²) in [5.74, 6) is 0.637. The molecule has 0 fully saturated rings. The lowest BCUT2D eigenvalue weighted by molar-refractivity contribution is 0.0831. The van der Waals surface area contributed by atoms with Crippen LogP contribution in [0.2, 0.25) is 0 Å². The Morgan fingerprint density at radius 1 is 1.10 bits per heavy atom. The van der Waals surface area contributed by atoms with E-state index in [0.29, 0.717) is 18.0 Å². The number of ether oxygens (including phenoxy) is 1. The van der Waals surface area contributed by atoms with Gasteiger partial charge in [-0.25, -0.2) is 4.79 Å². The normalized spacial score (nSPS) is 11.9. The van der Waals surface area contributed by atoms with Crippen LogP contribution in [0, 0.1) is 6.92 Å². The largest absolute Gasteiger partial charge is 0.491 e. The molecule has 0 aliphatic heterocycles. The minimum atomic E-state index is -0.558. The first kappa shape index (κ1) is 21.8. The zero-order valence-electron chi connectivity index (χ0n) is 17.4. The molecule has 0 saturated carbocycles. The zero-order chi connectivity index (χ0) is 21.5. The highest BCUT2D eigenvalue weighted by atomic mass is 32.1. The number of anilines is 2.